The number of sulfonamides is 1. The standard InChI is InChI=1S/C32H40ClN3O4S/c1-4-5-21-34-32(38)30(23-26-14-8-6-9-15-26)35(24-27-16-10-7-11-17-27)31(37)20-13-22-36(41(3,39)40)29-19-12-18-28(33)25(29)2/h6-12,14-19,30H,4-5,13,20-24H2,1-3H3,(H,34,38)/t30-/m0/s1. The van der Waals surface area contributed by atoms with Crippen LogP contribution in [0.4, 0.5) is 5.69 Å². The molecule has 0 fully saturated rings. The highest BCUT2D eigenvalue weighted by Gasteiger charge is 2.30. The third-order valence-corrected chi connectivity index (χ3v) is 8.55. The van der Waals surface area contributed by atoms with Crippen LogP contribution in [0.25, 0.3) is 0 Å². The molecule has 9 heteroatoms. The van der Waals surface area contributed by atoms with Crippen molar-refractivity contribution in [2.75, 3.05) is 23.7 Å². The minimum atomic E-state index is -3.62. The van der Waals surface area contributed by atoms with Gasteiger partial charge in [0.15, 0.2) is 0 Å². The van der Waals surface area contributed by atoms with Gasteiger partial charge < -0.3 is 10.2 Å². The molecule has 1 atom stereocenters. The average molecular weight is 598 g/mol. The van der Waals surface area contributed by atoms with Crippen LogP contribution in [-0.2, 0) is 32.6 Å². The van der Waals surface area contributed by atoms with Crippen LogP contribution in [-0.4, -0.2) is 50.5 Å². The Bertz CT molecular complexity index is 1380. The zero-order chi connectivity index (χ0) is 29.8. The Morgan fingerprint density at radius 1 is 0.902 bits per heavy atom. The Morgan fingerprint density at radius 3 is 2.15 bits per heavy atom. The highest BCUT2D eigenvalue weighted by Crippen LogP contribution is 2.28. The van der Waals surface area contributed by atoms with Crippen LogP contribution < -0.4 is 9.62 Å². The van der Waals surface area contributed by atoms with Gasteiger partial charge in [-0.2, -0.15) is 0 Å². The molecule has 0 aromatic heterocycles. The largest absolute Gasteiger partial charge is 0.354 e. The van der Waals surface area contributed by atoms with E-state index in [9.17, 15) is 18.0 Å². The van der Waals surface area contributed by atoms with Gasteiger partial charge in [-0.3, -0.25) is 13.9 Å². The van der Waals surface area contributed by atoms with E-state index in [4.69, 9.17) is 11.6 Å². The minimum absolute atomic E-state index is 0.0754. The van der Waals surface area contributed by atoms with E-state index in [1.165, 1.54) is 4.31 Å². The van der Waals surface area contributed by atoms with Crippen LogP contribution >= 0.6 is 11.6 Å². The highest BCUT2D eigenvalue weighted by atomic mass is 35.5. The molecular formula is C32H40ClN3O4S. The molecular weight excluding hydrogens is 558 g/mol. The van der Waals surface area contributed by atoms with Crippen molar-refractivity contribution in [2.45, 2.75) is 58.5 Å². The Labute approximate surface area is 249 Å². The zero-order valence-corrected chi connectivity index (χ0v) is 25.6. The fourth-order valence-corrected chi connectivity index (χ4v) is 5.87. The van der Waals surface area contributed by atoms with E-state index >= 15 is 0 Å². The maximum atomic E-state index is 13.9. The van der Waals surface area contributed by atoms with Gasteiger partial charge in [0.1, 0.15) is 6.04 Å². The molecule has 0 saturated carbocycles. The van der Waals surface area contributed by atoms with E-state index in [-0.39, 0.29) is 37.7 Å². The molecule has 220 valence electrons. The summed E-state index contributed by atoms with van der Waals surface area (Å²) in [5.41, 5.74) is 3.01. The van der Waals surface area contributed by atoms with Crippen molar-refractivity contribution in [1.29, 1.82) is 0 Å². The molecule has 0 aliphatic rings. The Balaban J connectivity index is 1.86. The van der Waals surface area contributed by atoms with Crippen LogP contribution in [0.2, 0.25) is 5.02 Å². The molecule has 0 radical (unpaired) electrons. The topological polar surface area (TPSA) is 86.8 Å². The normalized spacial score (nSPS) is 12.0. The first-order valence-corrected chi connectivity index (χ1v) is 16.2. The van der Waals surface area contributed by atoms with Gasteiger partial charge in [-0.15, -0.1) is 0 Å². The molecule has 7 nitrogen and oxygen atoms in total. The molecule has 3 aromatic carbocycles. The summed E-state index contributed by atoms with van der Waals surface area (Å²) in [6, 6.07) is 23.7. The number of unbranched alkanes of at least 4 members (excludes halogenated alkanes) is 1. The van der Waals surface area contributed by atoms with Crippen molar-refractivity contribution >= 4 is 39.1 Å². The van der Waals surface area contributed by atoms with Gasteiger partial charge in [-0.1, -0.05) is 91.7 Å². The molecule has 0 heterocycles. The fraction of sp³-hybridized carbons (Fsp3) is 0.375. The van der Waals surface area contributed by atoms with Crippen molar-refractivity contribution in [1.82, 2.24) is 10.2 Å². The Morgan fingerprint density at radius 2 is 1.54 bits per heavy atom. The summed E-state index contributed by atoms with van der Waals surface area (Å²) in [5.74, 6) is -0.407. The van der Waals surface area contributed by atoms with E-state index in [1.807, 2.05) is 60.7 Å². The molecule has 41 heavy (non-hydrogen) atoms. The number of carbonyl (C=O) groups excluding carboxylic acids is 2. The Hall–Kier alpha value is -3.36. The van der Waals surface area contributed by atoms with Crippen LogP contribution in [0.1, 0.15) is 49.3 Å². The van der Waals surface area contributed by atoms with Crippen molar-refractivity contribution in [2.24, 2.45) is 0 Å². The summed E-state index contributed by atoms with van der Waals surface area (Å²) in [7, 11) is -3.62. The lowest BCUT2D eigenvalue weighted by atomic mass is 10.0. The van der Waals surface area contributed by atoms with Crippen LogP contribution in [0.3, 0.4) is 0 Å². The number of nitrogens with one attached hydrogen (secondary N) is 1. The molecule has 2 amide bonds. The van der Waals surface area contributed by atoms with Gasteiger partial charge in [0.2, 0.25) is 21.8 Å². The molecule has 1 N–H and O–H groups in total. The lowest BCUT2D eigenvalue weighted by Gasteiger charge is -2.32. The number of rotatable bonds is 15. The van der Waals surface area contributed by atoms with Crippen molar-refractivity contribution in [3.05, 3.63) is 101 Å². The third kappa shape index (κ3) is 9.61. The summed E-state index contributed by atoms with van der Waals surface area (Å²) >= 11 is 6.27. The van der Waals surface area contributed by atoms with Crippen LogP contribution in [0, 0.1) is 6.92 Å². The number of anilines is 1. The summed E-state index contributed by atoms with van der Waals surface area (Å²) < 4.78 is 26.7. The summed E-state index contributed by atoms with van der Waals surface area (Å²) in [5, 5.41) is 3.49. The first-order chi connectivity index (χ1) is 19.6. The van der Waals surface area contributed by atoms with E-state index in [0.29, 0.717) is 29.2 Å². The summed E-state index contributed by atoms with van der Waals surface area (Å²) in [4.78, 5) is 29.0. The second kappa shape index (κ2) is 15.6. The smallest absolute Gasteiger partial charge is 0.243 e. The van der Waals surface area contributed by atoms with E-state index in [1.54, 1.807) is 30.0 Å². The molecule has 0 aliphatic heterocycles. The molecule has 0 unspecified atom stereocenters. The van der Waals surface area contributed by atoms with Gasteiger partial charge in [-0.25, -0.2) is 8.42 Å². The maximum Gasteiger partial charge on any atom is 0.243 e. The second-order valence-electron chi connectivity index (χ2n) is 10.2. The van der Waals surface area contributed by atoms with Crippen molar-refractivity contribution in [3.8, 4) is 0 Å². The lowest BCUT2D eigenvalue weighted by Crippen LogP contribution is -2.50. The molecule has 0 bridgehead atoms. The number of hydrogen-bond acceptors (Lipinski definition) is 4. The SMILES string of the molecule is CCCCNC(=O)[C@H](Cc1ccccc1)N(Cc1ccccc1)C(=O)CCCN(c1cccc(Cl)c1C)S(C)(=O)=O. The van der Waals surface area contributed by atoms with Crippen LogP contribution in [0.5, 0.6) is 0 Å². The summed E-state index contributed by atoms with van der Waals surface area (Å²) in [6.45, 7) is 4.74. The van der Waals surface area contributed by atoms with Gasteiger partial charge in [0, 0.05) is 37.5 Å². The van der Waals surface area contributed by atoms with Gasteiger partial charge >= 0.3 is 0 Å². The summed E-state index contributed by atoms with van der Waals surface area (Å²) in [6.07, 6.45) is 3.66. The highest BCUT2D eigenvalue weighted by molar-refractivity contribution is 7.92. The quantitative estimate of drug-likeness (QED) is 0.226. The van der Waals surface area contributed by atoms with Gasteiger partial charge in [0.05, 0.1) is 11.9 Å². The number of halogens is 1. The molecule has 3 aromatic rings. The van der Waals surface area contributed by atoms with Gasteiger partial charge in [-0.05, 0) is 48.6 Å². The average Bonchev–Trinajstić information content (AvgIpc) is 2.95. The number of amides is 2. The van der Waals surface area contributed by atoms with Gasteiger partial charge in [0.25, 0.3) is 0 Å². The van der Waals surface area contributed by atoms with E-state index in [2.05, 4.69) is 12.2 Å². The predicted molar refractivity (Wildman–Crippen MR) is 166 cm³/mol. The third-order valence-electron chi connectivity index (χ3n) is 6.96. The number of carbonyl (C=O) groups is 2. The number of benzene rings is 3. The van der Waals surface area contributed by atoms with E-state index in [0.717, 1.165) is 30.2 Å². The molecule has 0 aliphatic carbocycles. The minimum Gasteiger partial charge on any atom is -0.354 e. The Kier molecular flexibility index (Phi) is 12.2. The zero-order valence-electron chi connectivity index (χ0n) is 24.1. The molecule has 0 spiro atoms. The molecule has 3 rings (SSSR count). The maximum absolute atomic E-state index is 13.9. The first kappa shape index (κ1) is 32.2. The first-order valence-electron chi connectivity index (χ1n) is 14.0. The number of nitrogens with zero attached hydrogens (tertiary/aromatic N) is 2. The number of hydrogen-bond donors (Lipinski definition) is 1. The lowest BCUT2D eigenvalue weighted by molar-refractivity contribution is -0.141. The van der Waals surface area contributed by atoms with Crippen molar-refractivity contribution < 1.29 is 18.0 Å². The van der Waals surface area contributed by atoms with E-state index < -0.39 is 16.1 Å². The second-order valence-corrected chi connectivity index (χ2v) is 12.5. The van der Waals surface area contributed by atoms with Crippen molar-refractivity contribution in [3.63, 3.8) is 0 Å². The fourth-order valence-electron chi connectivity index (χ4n) is 4.69. The van der Waals surface area contributed by atoms with Crippen LogP contribution in [0.15, 0.2) is 78.9 Å². The molecule has 0 saturated heterocycles. The predicted octanol–water partition coefficient (Wildman–Crippen LogP) is 5.75. The monoisotopic (exact) mass is 597 g/mol.